The average molecular weight is 237 g/mol. The van der Waals surface area contributed by atoms with Gasteiger partial charge >= 0.3 is 0 Å². The minimum Gasteiger partial charge on any atom is -0.397 e. The zero-order valence-electron chi connectivity index (χ0n) is 10.7. The first kappa shape index (κ1) is 13.3. The Bertz CT molecular complexity index is 405. The molecule has 94 valence electrons. The van der Waals surface area contributed by atoms with E-state index in [2.05, 4.69) is 5.32 Å². The van der Waals surface area contributed by atoms with Crippen LogP contribution in [0.25, 0.3) is 0 Å². The van der Waals surface area contributed by atoms with Crippen LogP contribution in [0.3, 0.4) is 0 Å². The van der Waals surface area contributed by atoms with E-state index in [-0.39, 0.29) is 5.91 Å². The van der Waals surface area contributed by atoms with Gasteiger partial charge in [0.15, 0.2) is 0 Å². The van der Waals surface area contributed by atoms with Crippen molar-refractivity contribution in [3.8, 4) is 0 Å². The number of carbonyl (C=O) groups excluding carboxylic acids is 1. The highest BCUT2D eigenvalue weighted by Crippen LogP contribution is 2.21. The molecule has 5 heteroatoms. The maximum absolute atomic E-state index is 11.8. The average Bonchev–Trinajstić information content (AvgIpc) is 2.29. The van der Waals surface area contributed by atoms with Crippen molar-refractivity contribution in [1.29, 1.82) is 0 Å². The highest BCUT2D eigenvalue weighted by molar-refractivity contribution is 5.95. The summed E-state index contributed by atoms with van der Waals surface area (Å²) >= 11 is 0. The number of amides is 1. The minimum atomic E-state index is -0.227. The number of carbonyl (C=O) groups is 1. The van der Waals surface area contributed by atoms with E-state index in [9.17, 15) is 4.79 Å². The van der Waals surface area contributed by atoms with Crippen molar-refractivity contribution in [2.75, 3.05) is 25.2 Å². The second-order valence-electron chi connectivity index (χ2n) is 4.09. The number of hydroxylamine groups is 2. The summed E-state index contributed by atoms with van der Waals surface area (Å²) in [6.07, 6.45) is 0. The second-order valence-corrected chi connectivity index (χ2v) is 4.09. The van der Waals surface area contributed by atoms with Crippen LogP contribution >= 0.6 is 0 Å². The van der Waals surface area contributed by atoms with Gasteiger partial charge in [0.05, 0.1) is 18.5 Å². The molecule has 0 bridgehead atoms. The van der Waals surface area contributed by atoms with E-state index < -0.39 is 0 Å². The standard InChI is InChI=1S/C12H19N3O2/c1-8(2)14-11-6-5-9(7-10(11)13)12(16)15(3)17-4/h5-8,14H,13H2,1-4H3. The van der Waals surface area contributed by atoms with Crippen molar-refractivity contribution in [2.45, 2.75) is 19.9 Å². The zero-order valence-corrected chi connectivity index (χ0v) is 10.7. The Labute approximate surface area is 101 Å². The number of nitrogens with two attached hydrogens (primary N) is 1. The predicted octanol–water partition coefficient (Wildman–Crippen LogP) is 1.72. The molecule has 0 fully saturated rings. The summed E-state index contributed by atoms with van der Waals surface area (Å²) in [5, 5.41) is 4.36. The molecule has 1 rings (SSSR count). The molecule has 1 amide bonds. The quantitative estimate of drug-likeness (QED) is 0.618. The molecule has 0 aromatic heterocycles. The third-order valence-corrected chi connectivity index (χ3v) is 2.30. The molecule has 0 aliphatic heterocycles. The Balaban J connectivity index is 2.92. The van der Waals surface area contributed by atoms with E-state index in [1.807, 2.05) is 13.8 Å². The molecule has 0 aliphatic carbocycles. The topological polar surface area (TPSA) is 67.6 Å². The normalized spacial score (nSPS) is 10.4. The molecule has 0 aliphatic rings. The van der Waals surface area contributed by atoms with Crippen molar-refractivity contribution in [2.24, 2.45) is 0 Å². The molecule has 1 aromatic carbocycles. The van der Waals surface area contributed by atoms with Gasteiger partial charge < -0.3 is 11.1 Å². The van der Waals surface area contributed by atoms with Crippen LogP contribution in [-0.4, -0.2) is 31.2 Å². The van der Waals surface area contributed by atoms with Crippen LogP contribution in [0.15, 0.2) is 18.2 Å². The summed E-state index contributed by atoms with van der Waals surface area (Å²) in [5.41, 5.74) is 7.76. The first-order valence-electron chi connectivity index (χ1n) is 5.44. The first-order chi connectivity index (χ1) is 7.95. The van der Waals surface area contributed by atoms with Crippen LogP contribution < -0.4 is 11.1 Å². The third-order valence-electron chi connectivity index (χ3n) is 2.30. The zero-order chi connectivity index (χ0) is 13.0. The molecular weight excluding hydrogens is 218 g/mol. The van der Waals surface area contributed by atoms with Crippen molar-refractivity contribution in [3.05, 3.63) is 23.8 Å². The van der Waals surface area contributed by atoms with E-state index in [1.54, 1.807) is 25.2 Å². The van der Waals surface area contributed by atoms with Crippen molar-refractivity contribution >= 4 is 17.3 Å². The van der Waals surface area contributed by atoms with Crippen LogP contribution in [0, 0.1) is 0 Å². The number of benzene rings is 1. The number of nitrogens with one attached hydrogen (secondary N) is 1. The van der Waals surface area contributed by atoms with E-state index >= 15 is 0 Å². The van der Waals surface area contributed by atoms with Gasteiger partial charge in [-0.1, -0.05) is 0 Å². The van der Waals surface area contributed by atoms with Crippen LogP contribution in [0.5, 0.6) is 0 Å². The molecule has 17 heavy (non-hydrogen) atoms. The van der Waals surface area contributed by atoms with Crippen LogP contribution in [0.2, 0.25) is 0 Å². The van der Waals surface area contributed by atoms with E-state index in [0.29, 0.717) is 17.3 Å². The fraction of sp³-hybridized carbons (Fsp3) is 0.417. The predicted molar refractivity (Wildman–Crippen MR) is 68.7 cm³/mol. The molecule has 0 radical (unpaired) electrons. The molecule has 0 saturated carbocycles. The van der Waals surface area contributed by atoms with Gasteiger partial charge in [-0.15, -0.1) is 0 Å². The van der Waals surface area contributed by atoms with Gasteiger partial charge in [-0.25, -0.2) is 5.06 Å². The minimum absolute atomic E-state index is 0.227. The van der Waals surface area contributed by atoms with Gasteiger partial charge in [0, 0.05) is 18.7 Å². The van der Waals surface area contributed by atoms with E-state index in [0.717, 1.165) is 10.8 Å². The maximum Gasteiger partial charge on any atom is 0.277 e. The van der Waals surface area contributed by atoms with Gasteiger partial charge in [-0.05, 0) is 32.0 Å². The smallest absolute Gasteiger partial charge is 0.277 e. The number of anilines is 2. The Morgan fingerprint density at radius 2 is 2.12 bits per heavy atom. The molecule has 3 N–H and O–H groups in total. The molecule has 0 spiro atoms. The van der Waals surface area contributed by atoms with Gasteiger partial charge in [-0.3, -0.25) is 9.63 Å². The Morgan fingerprint density at radius 1 is 1.47 bits per heavy atom. The third kappa shape index (κ3) is 3.35. The molecule has 5 nitrogen and oxygen atoms in total. The number of nitrogens with zero attached hydrogens (tertiary/aromatic N) is 1. The number of hydrogen-bond donors (Lipinski definition) is 2. The van der Waals surface area contributed by atoms with Crippen LogP contribution in [0.4, 0.5) is 11.4 Å². The number of nitrogen functional groups attached to an aromatic ring is 1. The largest absolute Gasteiger partial charge is 0.397 e. The summed E-state index contributed by atoms with van der Waals surface area (Å²) in [6.45, 7) is 4.05. The highest BCUT2D eigenvalue weighted by Gasteiger charge is 2.12. The van der Waals surface area contributed by atoms with Gasteiger partial charge in [-0.2, -0.15) is 0 Å². The Kier molecular flexibility index (Phi) is 4.34. The van der Waals surface area contributed by atoms with Gasteiger partial charge in [0.1, 0.15) is 0 Å². The maximum atomic E-state index is 11.8. The molecule has 0 heterocycles. The van der Waals surface area contributed by atoms with E-state index in [4.69, 9.17) is 10.6 Å². The fourth-order valence-electron chi connectivity index (χ4n) is 1.40. The SMILES string of the molecule is CON(C)C(=O)c1ccc(NC(C)C)c(N)c1. The van der Waals surface area contributed by atoms with Crippen molar-refractivity contribution in [1.82, 2.24) is 5.06 Å². The van der Waals surface area contributed by atoms with Gasteiger partial charge in [0.25, 0.3) is 5.91 Å². The fourth-order valence-corrected chi connectivity index (χ4v) is 1.40. The molecule has 0 saturated heterocycles. The van der Waals surface area contributed by atoms with Crippen molar-refractivity contribution in [3.63, 3.8) is 0 Å². The summed E-state index contributed by atoms with van der Waals surface area (Å²) in [4.78, 5) is 16.6. The Morgan fingerprint density at radius 3 is 2.59 bits per heavy atom. The summed E-state index contributed by atoms with van der Waals surface area (Å²) < 4.78 is 0. The Hall–Kier alpha value is -1.75. The number of rotatable bonds is 4. The molecule has 0 unspecified atom stereocenters. The number of hydrogen-bond acceptors (Lipinski definition) is 4. The molecule has 0 atom stereocenters. The highest BCUT2D eigenvalue weighted by atomic mass is 16.7. The van der Waals surface area contributed by atoms with Crippen LogP contribution in [0.1, 0.15) is 24.2 Å². The lowest BCUT2D eigenvalue weighted by atomic mass is 10.1. The summed E-state index contributed by atoms with van der Waals surface area (Å²) in [7, 11) is 2.99. The second kappa shape index (κ2) is 5.54. The monoisotopic (exact) mass is 237 g/mol. The van der Waals surface area contributed by atoms with Crippen LogP contribution in [-0.2, 0) is 4.84 Å². The van der Waals surface area contributed by atoms with Crippen molar-refractivity contribution < 1.29 is 9.63 Å². The lowest BCUT2D eigenvalue weighted by Crippen LogP contribution is -2.25. The molecular formula is C12H19N3O2. The summed E-state index contributed by atoms with van der Waals surface area (Å²) in [6, 6.07) is 5.45. The van der Waals surface area contributed by atoms with Gasteiger partial charge in [0.2, 0.25) is 0 Å². The lowest BCUT2D eigenvalue weighted by Gasteiger charge is -2.16. The summed E-state index contributed by atoms with van der Waals surface area (Å²) in [5.74, 6) is -0.227. The lowest BCUT2D eigenvalue weighted by molar-refractivity contribution is -0.0756. The first-order valence-corrected chi connectivity index (χ1v) is 5.44. The van der Waals surface area contributed by atoms with E-state index in [1.165, 1.54) is 7.11 Å². The molecule has 1 aromatic rings.